The third-order valence-electron chi connectivity index (χ3n) is 6.71. The fourth-order valence-electron chi connectivity index (χ4n) is 4.73. The van der Waals surface area contributed by atoms with E-state index in [4.69, 9.17) is 9.47 Å². The third kappa shape index (κ3) is 5.01. The van der Waals surface area contributed by atoms with Crippen molar-refractivity contribution in [2.75, 3.05) is 38.7 Å². The molecular weight excluding hydrogens is 394 g/mol. The van der Waals surface area contributed by atoms with Crippen LogP contribution in [0.2, 0.25) is 0 Å². The molecule has 3 heterocycles. The first-order valence-corrected chi connectivity index (χ1v) is 11.3. The summed E-state index contributed by atoms with van der Waals surface area (Å²) in [6.45, 7) is 5.80. The first-order chi connectivity index (χ1) is 15.1. The number of amides is 2. The lowest BCUT2D eigenvalue weighted by molar-refractivity contribution is 0.105. The number of likely N-dealkylation sites (tertiary alicyclic amines) is 1. The molecule has 1 N–H and O–H groups in total. The zero-order chi connectivity index (χ0) is 21.7. The lowest BCUT2D eigenvalue weighted by Gasteiger charge is -2.41. The van der Waals surface area contributed by atoms with Crippen LogP contribution in [0.25, 0.3) is 0 Å². The van der Waals surface area contributed by atoms with Gasteiger partial charge in [-0.2, -0.15) is 0 Å². The zero-order valence-corrected chi connectivity index (χ0v) is 18.6. The van der Waals surface area contributed by atoms with E-state index in [9.17, 15) is 4.79 Å². The Bertz CT molecular complexity index is 872. The summed E-state index contributed by atoms with van der Waals surface area (Å²) < 4.78 is 13.0. The van der Waals surface area contributed by atoms with E-state index in [1.165, 1.54) is 0 Å². The summed E-state index contributed by atoms with van der Waals surface area (Å²) in [5.41, 5.74) is 1.08. The number of hydrogen-bond acceptors (Lipinski definition) is 5. The number of urea groups is 1. The molecule has 0 aliphatic carbocycles. The van der Waals surface area contributed by atoms with Crippen LogP contribution in [0.15, 0.2) is 24.3 Å². The Morgan fingerprint density at radius 3 is 2.55 bits per heavy atom. The van der Waals surface area contributed by atoms with Crippen LogP contribution in [-0.2, 0) is 24.1 Å². The summed E-state index contributed by atoms with van der Waals surface area (Å²) in [5.74, 6) is 2.94. The van der Waals surface area contributed by atoms with Crippen molar-refractivity contribution in [1.29, 1.82) is 0 Å². The molecule has 0 unspecified atom stereocenters. The average Bonchev–Trinajstić information content (AvgIpc) is 3.10. The smallest absolute Gasteiger partial charge is 0.321 e. The van der Waals surface area contributed by atoms with Crippen molar-refractivity contribution in [3.05, 3.63) is 35.9 Å². The van der Waals surface area contributed by atoms with Crippen LogP contribution in [-0.4, -0.2) is 59.1 Å². The molecule has 2 amide bonds. The lowest BCUT2D eigenvalue weighted by Crippen LogP contribution is -2.45. The van der Waals surface area contributed by atoms with Crippen molar-refractivity contribution in [3.8, 4) is 5.75 Å². The molecule has 8 nitrogen and oxygen atoms in total. The second-order valence-corrected chi connectivity index (χ2v) is 8.55. The van der Waals surface area contributed by atoms with Crippen LogP contribution in [0, 0.1) is 5.41 Å². The second kappa shape index (κ2) is 9.68. The number of carbonyl (C=O) groups excluding carboxylic acids is 1. The van der Waals surface area contributed by atoms with Crippen molar-refractivity contribution in [2.24, 2.45) is 5.41 Å². The largest absolute Gasteiger partial charge is 0.494 e. The number of rotatable bonds is 6. The molecule has 1 saturated heterocycles. The summed E-state index contributed by atoms with van der Waals surface area (Å²) in [5, 5.41) is 11.8. The van der Waals surface area contributed by atoms with Gasteiger partial charge in [0.15, 0.2) is 0 Å². The Morgan fingerprint density at radius 2 is 1.84 bits per heavy atom. The third-order valence-corrected chi connectivity index (χ3v) is 6.71. The number of nitrogens with one attached hydrogen (secondary N) is 1. The summed E-state index contributed by atoms with van der Waals surface area (Å²) in [6.07, 6.45) is 6.06. The lowest BCUT2D eigenvalue weighted by atomic mass is 9.73. The van der Waals surface area contributed by atoms with Gasteiger partial charge in [-0.15, -0.1) is 10.2 Å². The SMILES string of the molecule is CCOc1ccc(NC(=O)N2CCC3(CCc4nnc(CCOC)n4CC3)CC2)cc1. The maximum atomic E-state index is 12.7. The summed E-state index contributed by atoms with van der Waals surface area (Å²) >= 11 is 0. The number of aromatic nitrogens is 3. The van der Waals surface area contributed by atoms with Crippen molar-refractivity contribution >= 4 is 11.7 Å². The van der Waals surface area contributed by atoms with Gasteiger partial charge in [-0.05, 0) is 62.3 Å². The molecule has 1 aromatic carbocycles. The average molecular weight is 428 g/mol. The second-order valence-electron chi connectivity index (χ2n) is 8.55. The highest BCUT2D eigenvalue weighted by Crippen LogP contribution is 2.41. The number of aryl methyl sites for hydroxylation is 1. The van der Waals surface area contributed by atoms with E-state index >= 15 is 0 Å². The number of piperidine rings is 1. The molecule has 8 heteroatoms. The van der Waals surface area contributed by atoms with Crippen LogP contribution in [0.3, 0.4) is 0 Å². The Morgan fingerprint density at radius 1 is 1.10 bits per heavy atom. The predicted octanol–water partition coefficient (Wildman–Crippen LogP) is 3.52. The van der Waals surface area contributed by atoms with Gasteiger partial charge in [0.1, 0.15) is 17.4 Å². The Kier molecular flexibility index (Phi) is 6.75. The maximum Gasteiger partial charge on any atom is 0.321 e. The van der Waals surface area contributed by atoms with E-state index in [0.717, 1.165) is 81.2 Å². The minimum atomic E-state index is -0.0217. The quantitative estimate of drug-likeness (QED) is 0.763. The van der Waals surface area contributed by atoms with Crippen LogP contribution < -0.4 is 10.1 Å². The Balaban J connectivity index is 1.30. The van der Waals surface area contributed by atoms with Gasteiger partial charge in [0, 0.05) is 45.3 Å². The van der Waals surface area contributed by atoms with Crippen molar-refractivity contribution < 1.29 is 14.3 Å². The molecule has 0 saturated carbocycles. The van der Waals surface area contributed by atoms with Gasteiger partial charge >= 0.3 is 6.03 Å². The van der Waals surface area contributed by atoms with Crippen molar-refractivity contribution in [3.63, 3.8) is 0 Å². The fraction of sp³-hybridized carbons (Fsp3) is 0.609. The minimum Gasteiger partial charge on any atom is -0.494 e. The number of benzene rings is 1. The Hall–Kier alpha value is -2.61. The van der Waals surface area contributed by atoms with E-state index in [2.05, 4.69) is 20.1 Å². The number of carbonyl (C=O) groups is 1. The summed E-state index contributed by atoms with van der Waals surface area (Å²) in [7, 11) is 1.72. The standard InChI is InChI=1S/C23H33N5O3/c1-3-31-19-6-4-18(5-7-19)24-22(29)27-14-11-23(12-15-27)10-8-20-25-26-21(9-17-30-2)28(20)16-13-23/h4-7H,3,8-17H2,1-2H3,(H,24,29). The minimum absolute atomic E-state index is 0.0217. The number of nitrogens with zero attached hydrogens (tertiary/aromatic N) is 4. The van der Waals surface area contributed by atoms with Gasteiger partial charge in [0.25, 0.3) is 0 Å². The molecule has 2 aliphatic heterocycles. The first kappa shape index (κ1) is 21.6. The molecule has 1 aromatic heterocycles. The number of ether oxygens (including phenoxy) is 2. The van der Waals surface area contributed by atoms with E-state index in [1.807, 2.05) is 36.1 Å². The molecular formula is C23H33N5O3. The highest BCUT2D eigenvalue weighted by Gasteiger charge is 2.37. The zero-order valence-electron chi connectivity index (χ0n) is 18.6. The van der Waals surface area contributed by atoms with Gasteiger partial charge < -0.3 is 24.3 Å². The number of anilines is 1. The van der Waals surface area contributed by atoms with Crippen molar-refractivity contribution in [2.45, 2.75) is 52.0 Å². The highest BCUT2D eigenvalue weighted by molar-refractivity contribution is 5.89. The molecule has 2 aromatic rings. The molecule has 1 spiro atoms. The summed E-state index contributed by atoms with van der Waals surface area (Å²) in [6, 6.07) is 7.52. The molecule has 0 atom stereocenters. The monoisotopic (exact) mass is 427 g/mol. The summed E-state index contributed by atoms with van der Waals surface area (Å²) in [4.78, 5) is 14.7. The molecule has 4 rings (SSSR count). The van der Waals surface area contributed by atoms with Crippen LogP contribution >= 0.6 is 0 Å². The van der Waals surface area contributed by atoms with Crippen molar-refractivity contribution in [1.82, 2.24) is 19.7 Å². The topological polar surface area (TPSA) is 81.5 Å². The predicted molar refractivity (Wildman–Crippen MR) is 118 cm³/mol. The van der Waals surface area contributed by atoms with Gasteiger partial charge in [-0.3, -0.25) is 0 Å². The highest BCUT2D eigenvalue weighted by atomic mass is 16.5. The van der Waals surface area contributed by atoms with E-state index in [0.29, 0.717) is 13.2 Å². The number of methoxy groups -OCH3 is 1. The van der Waals surface area contributed by atoms with Gasteiger partial charge in [0.05, 0.1) is 13.2 Å². The normalized spacial score (nSPS) is 17.8. The molecule has 1 fully saturated rings. The number of hydrogen-bond donors (Lipinski definition) is 1. The molecule has 2 aliphatic rings. The van der Waals surface area contributed by atoms with Gasteiger partial charge in [-0.25, -0.2) is 4.79 Å². The van der Waals surface area contributed by atoms with Gasteiger partial charge in [-0.1, -0.05) is 0 Å². The maximum absolute atomic E-state index is 12.7. The number of fused-ring (bicyclic) bond motifs is 1. The molecule has 0 bridgehead atoms. The van der Waals surface area contributed by atoms with E-state index < -0.39 is 0 Å². The van der Waals surface area contributed by atoms with E-state index in [-0.39, 0.29) is 11.4 Å². The van der Waals surface area contributed by atoms with Gasteiger partial charge in [0.2, 0.25) is 0 Å². The molecule has 168 valence electrons. The first-order valence-electron chi connectivity index (χ1n) is 11.3. The fourth-order valence-corrected chi connectivity index (χ4v) is 4.73. The molecule has 0 radical (unpaired) electrons. The van der Waals surface area contributed by atoms with E-state index in [1.54, 1.807) is 7.11 Å². The molecule has 31 heavy (non-hydrogen) atoms. The van der Waals surface area contributed by atoms with Crippen LogP contribution in [0.4, 0.5) is 10.5 Å². The Labute approximate surface area is 183 Å². The van der Waals surface area contributed by atoms with Crippen LogP contribution in [0.5, 0.6) is 5.75 Å². The van der Waals surface area contributed by atoms with Crippen LogP contribution in [0.1, 0.15) is 44.3 Å².